The van der Waals surface area contributed by atoms with Crippen molar-refractivity contribution in [2.75, 3.05) is 5.75 Å². The van der Waals surface area contributed by atoms with Gasteiger partial charge in [0.1, 0.15) is 0 Å². The second kappa shape index (κ2) is 6.52. The van der Waals surface area contributed by atoms with Gasteiger partial charge in [-0.1, -0.05) is 24.1 Å². The first-order valence-electron chi connectivity index (χ1n) is 7.14. The molecule has 0 saturated heterocycles. The van der Waals surface area contributed by atoms with E-state index in [1.54, 1.807) is 6.92 Å². The van der Waals surface area contributed by atoms with Crippen molar-refractivity contribution in [1.29, 1.82) is 0 Å². The molecular formula is C16H21NO3S. The number of hydrogen-bond acceptors (Lipinski definition) is 3. The Morgan fingerprint density at radius 2 is 2.05 bits per heavy atom. The fraction of sp³-hybridized carbons (Fsp3) is 0.500. The van der Waals surface area contributed by atoms with Gasteiger partial charge in [0, 0.05) is 10.9 Å². The highest BCUT2D eigenvalue weighted by Gasteiger charge is 2.45. The normalized spacial score (nSPS) is 24.8. The van der Waals surface area contributed by atoms with E-state index in [-0.39, 0.29) is 11.9 Å². The summed E-state index contributed by atoms with van der Waals surface area (Å²) in [5.74, 6) is -0.605. The van der Waals surface area contributed by atoms with Gasteiger partial charge in [0.05, 0.1) is 11.2 Å². The van der Waals surface area contributed by atoms with E-state index in [2.05, 4.69) is 5.32 Å². The zero-order chi connectivity index (χ0) is 15.5. The Balaban J connectivity index is 1.87. The number of aryl methyl sites for hydroxylation is 1. The van der Waals surface area contributed by atoms with Gasteiger partial charge in [-0.3, -0.25) is 9.59 Å². The van der Waals surface area contributed by atoms with Crippen molar-refractivity contribution in [1.82, 2.24) is 5.32 Å². The van der Waals surface area contributed by atoms with Crippen LogP contribution < -0.4 is 5.32 Å². The summed E-state index contributed by atoms with van der Waals surface area (Å²) < 4.78 is 0. The molecule has 0 aromatic heterocycles. The van der Waals surface area contributed by atoms with E-state index in [9.17, 15) is 14.7 Å². The van der Waals surface area contributed by atoms with Gasteiger partial charge in [0.25, 0.3) is 0 Å². The molecule has 1 aliphatic carbocycles. The van der Waals surface area contributed by atoms with Gasteiger partial charge >= 0.3 is 5.97 Å². The molecule has 1 fully saturated rings. The molecule has 1 aromatic carbocycles. The fourth-order valence-corrected chi connectivity index (χ4v) is 3.38. The molecule has 2 atom stereocenters. The van der Waals surface area contributed by atoms with Crippen LogP contribution in [0.2, 0.25) is 0 Å². The lowest BCUT2D eigenvalue weighted by Gasteiger charge is -2.27. The fourth-order valence-electron chi connectivity index (χ4n) is 2.67. The molecule has 114 valence electrons. The molecule has 0 bridgehead atoms. The Bertz CT molecular complexity index is 529. The lowest BCUT2D eigenvalue weighted by molar-refractivity contribution is -0.149. The van der Waals surface area contributed by atoms with Crippen molar-refractivity contribution in [3.8, 4) is 0 Å². The average Bonchev–Trinajstić information content (AvgIpc) is 2.81. The number of benzene rings is 1. The molecule has 2 unspecified atom stereocenters. The van der Waals surface area contributed by atoms with E-state index in [0.717, 1.165) is 17.7 Å². The standard InChI is InChI=1S/C16H21NO3S/c1-11-5-7-12(8-6-11)21-10-14(18)17-13-4-3-9-16(13,2)15(19)20/h5-8,13H,3-4,9-10H2,1-2H3,(H,17,18)(H,19,20). The summed E-state index contributed by atoms with van der Waals surface area (Å²) in [5.41, 5.74) is 0.358. The first kappa shape index (κ1) is 15.9. The maximum absolute atomic E-state index is 12.0. The Hall–Kier alpha value is -1.49. The van der Waals surface area contributed by atoms with Gasteiger partial charge in [-0.2, -0.15) is 0 Å². The Morgan fingerprint density at radius 3 is 2.67 bits per heavy atom. The van der Waals surface area contributed by atoms with Gasteiger partial charge in [-0.15, -0.1) is 11.8 Å². The molecule has 21 heavy (non-hydrogen) atoms. The number of hydrogen-bond donors (Lipinski definition) is 2. The van der Waals surface area contributed by atoms with E-state index in [0.29, 0.717) is 12.2 Å². The first-order valence-corrected chi connectivity index (χ1v) is 8.12. The van der Waals surface area contributed by atoms with Gasteiger partial charge < -0.3 is 10.4 Å². The Labute approximate surface area is 129 Å². The quantitative estimate of drug-likeness (QED) is 0.821. The smallest absolute Gasteiger partial charge is 0.311 e. The van der Waals surface area contributed by atoms with Crippen LogP contribution >= 0.6 is 11.8 Å². The predicted molar refractivity (Wildman–Crippen MR) is 83.4 cm³/mol. The molecule has 1 aliphatic rings. The monoisotopic (exact) mass is 307 g/mol. The summed E-state index contributed by atoms with van der Waals surface area (Å²) in [6, 6.07) is 7.74. The van der Waals surface area contributed by atoms with Crippen LogP contribution in [0, 0.1) is 12.3 Å². The molecule has 5 heteroatoms. The van der Waals surface area contributed by atoms with Gasteiger partial charge in [-0.05, 0) is 38.8 Å². The van der Waals surface area contributed by atoms with Gasteiger partial charge in [0.15, 0.2) is 0 Å². The van der Waals surface area contributed by atoms with E-state index in [1.807, 2.05) is 31.2 Å². The third-order valence-electron chi connectivity index (χ3n) is 4.17. The number of carboxylic acid groups (broad SMARTS) is 1. The Morgan fingerprint density at radius 1 is 1.38 bits per heavy atom. The van der Waals surface area contributed by atoms with Crippen LogP contribution in [0.15, 0.2) is 29.2 Å². The molecule has 1 aromatic rings. The van der Waals surface area contributed by atoms with Crippen LogP contribution in [0.4, 0.5) is 0 Å². The molecule has 1 saturated carbocycles. The molecular weight excluding hydrogens is 286 g/mol. The summed E-state index contributed by atoms with van der Waals surface area (Å²) in [6.45, 7) is 3.74. The minimum absolute atomic E-state index is 0.0973. The molecule has 0 heterocycles. The molecule has 4 nitrogen and oxygen atoms in total. The van der Waals surface area contributed by atoms with Crippen LogP contribution in [0.1, 0.15) is 31.7 Å². The average molecular weight is 307 g/mol. The van der Waals surface area contributed by atoms with Crippen LogP contribution in [0.25, 0.3) is 0 Å². The zero-order valence-corrected chi connectivity index (χ0v) is 13.2. The third-order valence-corrected chi connectivity index (χ3v) is 5.18. The van der Waals surface area contributed by atoms with E-state index in [4.69, 9.17) is 0 Å². The molecule has 1 amide bonds. The SMILES string of the molecule is Cc1ccc(SCC(=O)NC2CCCC2(C)C(=O)O)cc1. The van der Waals surface area contributed by atoms with Crippen molar-refractivity contribution >= 4 is 23.6 Å². The minimum atomic E-state index is -0.829. The summed E-state index contributed by atoms with van der Waals surface area (Å²) in [5, 5.41) is 12.2. The molecule has 0 radical (unpaired) electrons. The van der Waals surface area contributed by atoms with Gasteiger partial charge in [-0.25, -0.2) is 0 Å². The number of amides is 1. The molecule has 2 N–H and O–H groups in total. The van der Waals surface area contributed by atoms with Crippen LogP contribution in [-0.2, 0) is 9.59 Å². The highest BCUT2D eigenvalue weighted by molar-refractivity contribution is 8.00. The van der Waals surface area contributed by atoms with Crippen molar-refractivity contribution < 1.29 is 14.7 Å². The van der Waals surface area contributed by atoms with Crippen LogP contribution in [-0.4, -0.2) is 28.8 Å². The summed E-state index contributed by atoms with van der Waals surface area (Å²) in [7, 11) is 0. The van der Waals surface area contributed by atoms with E-state index < -0.39 is 11.4 Å². The highest BCUT2D eigenvalue weighted by Crippen LogP contribution is 2.38. The number of nitrogens with one attached hydrogen (secondary N) is 1. The van der Waals surface area contributed by atoms with E-state index >= 15 is 0 Å². The third kappa shape index (κ3) is 3.79. The van der Waals surface area contributed by atoms with Crippen molar-refractivity contribution in [2.45, 2.75) is 44.0 Å². The largest absolute Gasteiger partial charge is 0.481 e. The maximum Gasteiger partial charge on any atom is 0.311 e. The van der Waals surface area contributed by atoms with Crippen LogP contribution in [0.3, 0.4) is 0 Å². The number of rotatable bonds is 5. The van der Waals surface area contributed by atoms with Gasteiger partial charge in [0.2, 0.25) is 5.91 Å². The summed E-state index contributed by atoms with van der Waals surface area (Å²) in [4.78, 5) is 24.4. The number of carboxylic acids is 1. The lowest BCUT2D eigenvalue weighted by atomic mass is 9.85. The van der Waals surface area contributed by atoms with Crippen molar-refractivity contribution in [3.63, 3.8) is 0 Å². The lowest BCUT2D eigenvalue weighted by Crippen LogP contribution is -2.47. The maximum atomic E-state index is 12.0. The topological polar surface area (TPSA) is 66.4 Å². The van der Waals surface area contributed by atoms with Crippen molar-refractivity contribution in [2.24, 2.45) is 5.41 Å². The molecule has 0 aliphatic heterocycles. The number of aliphatic carboxylic acids is 1. The second-order valence-corrected chi connectivity index (χ2v) is 6.89. The summed E-state index contributed by atoms with van der Waals surface area (Å²) in [6.07, 6.45) is 2.21. The van der Waals surface area contributed by atoms with Crippen molar-refractivity contribution in [3.05, 3.63) is 29.8 Å². The number of carbonyl (C=O) groups excluding carboxylic acids is 1. The first-order chi connectivity index (χ1) is 9.91. The number of carbonyl (C=O) groups is 2. The number of thioether (sulfide) groups is 1. The molecule has 0 spiro atoms. The Kier molecular flexibility index (Phi) is 4.93. The molecule has 2 rings (SSSR count). The summed E-state index contributed by atoms with van der Waals surface area (Å²) >= 11 is 1.47. The van der Waals surface area contributed by atoms with E-state index in [1.165, 1.54) is 17.3 Å². The van der Waals surface area contributed by atoms with Crippen LogP contribution in [0.5, 0.6) is 0 Å². The minimum Gasteiger partial charge on any atom is -0.481 e. The highest BCUT2D eigenvalue weighted by atomic mass is 32.2. The predicted octanol–water partition coefficient (Wildman–Crippen LogP) is 2.85. The second-order valence-electron chi connectivity index (χ2n) is 5.84. The zero-order valence-electron chi connectivity index (χ0n) is 12.4.